The van der Waals surface area contributed by atoms with Gasteiger partial charge in [-0.15, -0.1) is 0 Å². The van der Waals surface area contributed by atoms with Crippen LogP contribution in [0.4, 0.5) is 5.69 Å². The molecule has 0 fully saturated rings. The van der Waals surface area contributed by atoms with Gasteiger partial charge >= 0.3 is 0 Å². The molecule has 0 spiro atoms. The Morgan fingerprint density at radius 1 is 1.47 bits per heavy atom. The summed E-state index contributed by atoms with van der Waals surface area (Å²) >= 11 is 12.3. The molecule has 1 rings (SSSR count). The lowest BCUT2D eigenvalue weighted by atomic mass is 10.3. The molecule has 3 nitrogen and oxygen atoms in total. The zero-order valence-corrected chi connectivity index (χ0v) is 12.0. The van der Waals surface area contributed by atoms with Crippen molar-refractivity contribution in [2.24, 2.45) is 0 Å². The lowest BCUT2D eigenvalue weighted by Gasteiger charge is -2.12. The maximum absolute atomic E-state index is 11.6. The molecule has 0 aromatic heterocycles. The smallest absolute Gasteiger partial charge is 0.234 e. The second-order valence-electron chi connectivity index (χ2n) is 3.48. The molecule has 0 saturated heterocycles. The van der Waals surface area contributed by atoms with Crippen LogP contribution in [0.3, 0.4) is 0 Å². The monoisotopic (exact) mass is 288 g/mol. The number of rotatable bonds is 3. The second kappa shape index (κ2) is 6.83. The van der Waals surface area contributed by atoms with Gasteiger partial charge in [0.1, 0.15) is 4.32 Å². The molecule has 0 aliphatic heterocycles. The number of hydrogen-bond acceptors (Lipinski definition) is 3. The van der Waals surface area contributed by atoms with Crippen molar-refractivity contribution < 1.29 is 4.79 Å². The SMILES string of the molecule is CN(C)C(=S)SCC(=O)Nc1ccccc1Cl. The number of anilines is 1. The van der Waals surface area contributed by atoms with Gasteiger partial charge in [0.2, 0.25) is 5.91 Å². The third kappa shape index (κ3) is 4.93. The van der Waals surface area contributed by atoms with Crippen LogP contribution >= 0.6 is 35.6 Å². The summed E-state index contributed by atoms with van der Waals surface area (Å²) in [6.45, 7) is 0. The van der Waals surface area contributed by atoms with Crippen LogP contribution < -0.4 is 5.32 Å². The van der Waals surface area contributed by atoms with Gasteiger partial charge in [0.05, 0.1) is 16.5 Å². The maximum Gasteiger partial charge on any atom is 0.234 e. The molecule has 0 unspecified atom stereocenters. The first-order valence-electron chi connectivity index (χ1n) is 4.89. The summed E-state index contributed by atoms with van der Waals surface area (Å²) in [5.74, 6) is 0.162. The topological polar surface area (TPSA) is 32.3 Å². The van der Waals surface area contributed by atoms with Gasteiger partial charge in [-0.1, -0.05) is 47.7 Å². The fraction of sp³-hybridized carbons (Fsp3) is 0.273. The van der Waals surface area contributed by atoms with Gasteiger partial charge in [-0.05, 0) is 12.1 Å². The quantitative estimate of drug-likeness (QED) is 0.867. The van der Waals surface area contributed by atoms with Crippen molar-refractivity contribution in [3.8, 4) is 0 Å². The van der Waals surface area contributed by atoms with E-state index in [1.807, 2.05) is 26.2 Å². The van der Waals surface area contributed by atoms with Crippen LogP contribution in [0.1, 0.15) is 0 Å². The van der Waals surface area contributed by atoms with E-state index in [0.717, 1.165) is 0 Å². The average molecular weight is 289 g/mol. The molecule has 17 heavy (non-hydrogen) atoms. The first-order valence-corrected chi connectivity index (χ1v) is 6.66. The molecule has 0 bridgehead atoms. The Bertz CT molecular complexity index is 424. The summed E-state index contributed by atoms with van der Waals surface area (Å²) < 4.78 is 0.680. The number of benzene rings is 1. The molecule has 6 heteroatoms. The molecule has 0 saturated carbocycles. The molecule has 0 radical (unpaired) electrons. The summed E-state index contributed by atoms with van der Waals surface area (Å²) in [6.07, 6.45) is 0. The third-order valence-corrected chi connectivity index (χ3v) is 3.91. The Kier molecular flexibility index (Phi) is 5.74. The number of carbonyl (C=O) groups excluding carboxylic acids is 1. The Hall–Kier alpha value is -0.780. The number of para-hydroxylation sites is 1. The average Bonchev–Trinajstić information content (AvgIpc) is 2.29. The minimum atomic E-state index is -0.118. The first-order chi connectivity index (χ1) is 8.00. The van der Waals surface area contributed by atoms with Gasteiger partial charge in [0, 0.05) is 14.1 Å². The lowest BCUT2D eigenvalue weighted by molar-refractivity contribution is -0.113. The van der Waals surface area contributed by atoms with Gasteiger partial charge < -0.3 is 10.2 Å². The van der Waals surface area contributed by atoms with E-state index >= 15 is 0 Å². The highest BCUT2D eigenvalue weighted by Crippen LogP contribution is 2.20. The molecule has 0 heterocycles. The molecular formula is C11H13ClN2OS2. The van der Waals surface area contributed by atoms with Crippen LogP contribution in [-0.4, -0.2) is 35.0 Å². The van der Waals surface area contributed by atoms with E-state index in [1.54, 1.807) is 17.0 Å². The van der Waals surface area contributed by atoms with E-state index in [0.29, 0.717) is 15.0 Å². The van der Waals surface area contributed by atoms with Gasteiger partial charge in [0.25, 0.3) is 0 Å². The maximum atomic E-state index is 11.6. The molecule has 92 valence electrons. The van der Waals surface area contributed by atoms with Crippen molar-refractivity contribution in [1.82, 2.24) is 4.90 Å². The van der Waals surface area contributed by atoms with E-state index in [2.05, 4.69) is 5.32 Å². The Balaban J connectivity index is 2.46. The number of halogens is 1. The largest absolute Gasteiger partial charge is 0.364 e. The van der Waals surface area contributed by atoms with E-state index in [9.17, 15) is 4.79 Å². The zero-order valence-electron chi connectivity index (χ0n) is 9.57. The molecule has 1 aromatic rings. The summed E-state index contributed by atoms with van der Waals surface area (Å²) in [5.41, 5.74) is 0.621. The first kappa shape index (κ1) is 14.3. The number of thiocarbonyl (C=S) groups is 1. The predicted molar refractivity (Wildman–Crippen MR) is 78.8 cm³/mol. The van der Waals surface area contributed by atoms with E-state index in [-0.39, 0.29) is 11.7 Å². The number of nitrogens with zero attached hydrogens (tertiary/aromatic N) is 1. The Morgan fingerprint density at radius 3 is 2.71 bits per heavy atom. The minimum absolute atomic E-state index is 0.118. The standard InChI is InChI=1S/C11H13ClN2OS2/c1-14(2)11(16)17-7-10(15)13-9-6-4-3-5-8(9)12/h3-6H,7H2,1-2H3,(H,13,15). The normalized spacial score (nSPS) is 9.82. The molecule has 1 aromatic carbocycles. The summed E-state index contributed by atoms with van der Waals surface area (Å²) in [7, 11) is 3.70. The molecule has 0 atom stereocenters. The van der Waals surface area contributed by atoms with Gasteiger partial charge in [-0.25, -0.2) is 0 Å². The fourth-order valence-electron chi connectivity index (χ4n) is 1.01. The number of amides is 1. The highest BCUT2D eigenvalue weighted by molar-refractivity contribution is 8.23. The van der Waals surface area contributed by atoms with Crippen LogP contribution in [0.2, 0.25) is 5.02 Å². The summed E-state index contributed by atoms with van der Waals surface area (Å²) in [5, 5.41) is 3.26. The highest BCUT2D eigenvalue weighted by atomic mass is 35.5. The van der Waals surface area contributed by atoms with E-state index in [4.69, 9.17) is 23.8 Å². The van der Waals surface area contributed by atoms with Crippen molar-refractivity contribution in [2.75, 3.05) is 25.2 Å². The molecule has 1 N–H and O–H groups in total. The van der Waals surface area contributed by atoms with Crippen LogP contribution in [0, 0.1) is 0 Å². The minimum Gasteiger partial charge on any atom is -0.364 e. The van der Waals surface area contributed by atoms with Crippen LogP contribution in [0.5, 0.6) is 0 Å². The third-order valence-electron chi connectivity index (χ3n) is 1.84. The number of hydrogen-bond donors (Lipinski definition) is 1. The van der Waals surface area contributed by atoms with Crippen molar-refractivity contribution in [3.05, 3.63) is 29.3 Å². The lowest BCUT2D eigenvalue weighted by Crippen LogP contribution is -2.20. The molecule has 0 aliphatic rings. The van der Waals surface area contributed by atoms with Crippen molar-refractivity contribution in [3.63, 3.8) is 0 Å². The predicted octanol–water partition coefficient (Wildman–Crippen LogP) is 2.86. The molecule has 1 amide bonds. The fourth-order valence-corrected chi connectivity index (χ4v) is 1.95. The van der Waals surface area contributed by atoms with Crippen molar-refractivity contribution in [2.45, 2.75) is 0 Å². The van der Waals surface area contributed by atoms with Crippen LogP contribution in [-0.2, 0) is 4.79 Å². The van der Waals surface area contributed by atoms with Crippen LogP contribution in [0.25, 0.3) is 0 Å². The summed E-state index contributed by atoms with van der Waals surface area (Å²) in [6, 6.07) is 7.12. The second-order valence-corrected chi connectivity index (χ2v) is 5.49. The molecule has 0 aliphatic carbocycles. The van der Waals surface area contributed by atoms with Crippen molar-refractivity contribution in [1.29, 1.82) is 0 Å². The van der Waals surface area contributed by atoms with Gasteiger partial charge in [0.15, 0.2) is 0 Å². The van der Waals surface area contributed by atoms with Gasteiger partial charge in [-0.2, -0.15) is 0 Å². The Morgan fingerprint density at radius 2 is 2.12 bits per heavy atom. The van der Waals surface area contributed by atoms with Gasteiger partial charge in [-0.3, -0.25) is 4.79 Å². The van der Waals surface area contributed by atoms with Crippen molar-refractivity contribution >= 4 is 51.5 Å². The molecular weight excluding hydrogens is 276 g/mol. The Labute approximate surface area is 116 Å². The zero-order chi connectivity index (χ0) is 12.8. The van der Waals surface area contributed by atoms with Crippen LogP contribution in [0.15, 0.2) is 24.3 Å². The van der Waals surface area contributed by atoms with E-state index in [1.165, 1.54) is 11.8 Å². The highest BCUT2D eigenvalue weighted by Gasteiger charge is 2.07. The number of nitrogens with one attached hydrogen (secondary N) is 1. The van der Waals surface area contributed by atoms with E-state index < -0.39 is 0 Å². The summed E-state index contributed by atoms with van der Waals surface area (Å²) in [4.78, 5) is 13.4. The number of thioether (sulfide) groups is 1. The number of carbonyl (C=O) groups is 1.